The van der Waals surface area contributed by atoms with Crippen molar-refractivity contribution in [2.75, 3.05) is 0 Å². The van der Waals surface area contributed by atoms with Crippen LogP contribution in [0, 0.1) is 11.6 Å². The van der Waals surface area contributed by atoms with Gasteiger partial charge in [0.25, 0.3) is 0 Å². The molecule has 3 aromatic rings. The lowest BCUT2D eigenvalue weighted by Crippen LogP contribution is -2.24. The molecule has 0 radical (unpaired) electrons. The van der Waals surface area contributed by atoms with Crippen LogP contribution in [-0.2, 0) is 11.2 Å². The van der Waals surface area contributed by atoms with E-state index >= 15 is 0 Å². The van der Waals surface area contributed by atoms with Crippen LogP contribution in [0.4, 0.5) is 8.78 Å². The summed E-state index contributed by atoms with van der Waals surface area (Å²) < 4.78 is 35.3. The normalized spacial score (nSPS) is 14.9. The first-order chi connectivity index (χ1) is 12.3. The van der Waals surface area contributed by atoms with E-state index in [0.717, 1.165) is 0 Å². The molecule has 2 heterocycles. The number of carboxylic acid groups (broad SMARTS) is 2. The highest BCUT2D eigenvalue weighted by Gasteiger charge is 2.28. The van der Waals surface area contributed by atoms with Gasteiger partial charge in [-0.3, -0.25) is 0 Å². The number of hydrogen-bond donors (Lipinski definition) is 2. The van der Waals surface area contributed by atoms with Gasteiger partial charge in [0.15, 0.2) is 6.10 Å². The second-order valence-electron chi connectivity index (χ2n) is 5.50. The second-order valence-corrected chi connectivity index (χ2v) is 5.50. The van der Waals surface area contributed by atoms with E-state index < -0.39 is 23.9 Å². The Morgan fingerprint density at radius 3 is 2.38 bits per heavy atom. The van der Waals surface area contributed by atoms with E-state index in [1.165, 1.54) is 42.5 Å². The maximum atomic E-state index is 12.7. The molecule has 0 saturated heterocycles. The number of aromatic carboxylic acids is 1. The van der Waals surface area contributed by atoms with Crippen molar-refractivity contribution in [3.05, 3.63) is 65.4 Å². The standard InChI is InChI=1S/C9H7FO3.C9H5FO3/c2*10-6-1-2-7-5(3-6)4-8(13-7)9(11)12/h1-3,8H,4H2,(H,11,12);1-4H,(H,11,12). The number of furan rings is 1. The smallest absolute Gasteiger partial charge is 0.371 e. The number of aliphatic carboxylic acids is 1. The van der Waals surface area contributed by atoms with Gasteiger partial charge in [-0.15, -0.1) is 0 Å². The maximum Gasteiger partial charge on any atom is 0.371 e. The predicted molar refractivity (Wildman–Crippen MR) is 85.3 cm³/mol. The molecular formula is C18H12F2O6. The second kappa shape index (κ2) is 6.83. The first-order valence-electron chi connectivity index (χ1n) is 7.44. The van der Waals surface area contributed by atoms with Crippen molar-refractivity contribution in [1.82, 2.24) is 0 Å². The Morgan fingerprint density at radius 2 is 1.69 bits per heavy atom. The van der Waals surface area contributed by atoms with Gasteiger partial charge >= 0.3 is 11.9 Å². The van der Waals surface area contributed by atoms with E-state index in [1.54, 1.807) is 0 Å². The number of fused-ring (bicyclic) bond motifs is 2. The Kier molecular flexibility index (Phi) is 4.57. The van der Waals surface area contributed by atoms with Crippen LogP contribution in [-0.4, -0.2) is 28.3 Å². The number of ether oxygens (including phenoxy) is 1. The van der Waals surface area contributed by atoms with Gasteiger partial charge in [0, 0.05) is 17.4 Å². The fraction of sp³-hybridized carbons (Fsp3) is 0.111. The third-order valence-electron chi connectivity index (χ3n) is 3.66. The molecule has 2 N–H and O–H groups in total. The zero-order valence-corrected chi connectivity index (χ0v) is 13.1. The van der Waals surface area contributed by atoms with E-state index in [0.29, 0.717) is 22.3 Å². The summed E-state index contributed by atoms with van der Waals surface area (Å²) in [4.78, 5) is 21.0. The first kappa shape index (κ1) is 17.4. The molecule has 2 aromatic carbocycles. The largest absolute Gasteiger partial charge is 0.478 e. The van der Waals surface area contributed by atoms with Gasteiger partial charge in [-0.2, -0.15) is 0 Å². The van der Waals surface area contributed by atoms with Gasteiger partial charge in [0.05, 0.1) is 0 Å². The van der Waals surface area contributed by atoms with Crippen molar-refractivity contribution in [3.8, 4) is 5.75 Å². The lowest BCUT2D eigenvalue weighted by atomic mass is 10.1. The van der Waals surface area contributed by atoms with E-state index in [4.69, 9.17) is 19.4 Å². The molecule has 1 unspecified atom stereocenters. The van der Waals surface area contributed by atoms with Crippen molar-refractivity contribution in [2.24, 2.45) is 0 Å². The molecule has 6 nitrogen and oxygen atoms in total. The Morgan fingerprint density at radius 1 is 1.00 bits per heavy atom. The minimum atomic E-state index is -1.16. The molecule has 0 saturated carbocycles. The van der Waals surface area contributed by atoms with E-state index in [1.807, 2.05) is 0 Å². The number of halogens is 2. The number of hydrogen-bond acceptors (Lipinski definition) is 4. The molecule has 4 rings (SSSR count). The number of rotatable bonds is 2. The number of carboxylic acids is 2. The van der Waals surface area contributed by atoms with Crippen LogP contribution in [0.2, 0.25) is 0 Å². The van der Waals surface area contributed by atoms with Crippen LogP contribution < -0.4 is 4.74 Å². The lowest BCUT2D eigenvalue weighted by molar-refractivity contribution is -0.144. The zero-order valence-electron chi connectivity index (χ0n) is 13.1. The minimum Gasteiger partial charge on any atom is -0.478 e. The van der Waals surface area contributed by atoms with Crippen LogP contribution in [0.1, 0.15) is 16.1 Å². The third kappa shape index (κ3) is 3.64. The average Bonchev–Trinajstić information content (AvgIpc) is 3.18. The summed E-state index contributed by atoms with van der Waals surface area (Å²) in [6.45, 7) is 0. The lowest BCUT2D eigenvalue weighted by Gasteiger charge is -2.02. The molecule has 0 bridgehead atoms. The van der Waals surface area contributed by atoms with Crippen LogP contribution in [0.25, 0.3) is 11.0 Å². The highest BCUT2D eigenvalue weighted by molar-refractivity contribution is 5.91. The predicted octanol–water partition coefficient (Wildman–Crippen LogP) is 3.48. The summed E-state index contributed by atoms with van der Waals surface area (Å²) in [5.74, 6) is -2.67. The van der Waals surface area contributed by atoms with Gasteiger partial charge < -0.3 is 19.4 Å². The molecule has 1 aliphatic heterocycles. The SMILES string of the molecule is O=C(O)C1Cc2cc(F)ccc2O1.O=C(O)c1cc2cc(F)ccc2o1. The quantitative estimate of drug-likeness (QED) is 0.724. The molecule has 0 aliphatic carbocycles. The molecule has 0 fully saturated rings. The van der Waals surface area contributed by atoms with Crippen molar-refractivity contribution < 1.29 is 37.7 Å². The van der Waals surface area contributed by atoms with Gasteiger partial charge in [-0.1, -0.05) is 0 Å². The molecule has 26 heavy (non-hydrogen) atoms. The summed E-state index contributed by atoms with van der Waals surface area (Å²) in [6, 6.07) is 9.15. The highest BCUT2D eigenvalue weighted by Crippen LogP contribution is 2.29. The molecule has 1 aliphatic rings. The highest BCUT2D eigenvalue weighted by atomic mass is 19.1. The Labute approximate surface area is 145 Å². The Hall–Kier alpha value is -3.42. The zero-order chi connectivity index (χ0) is 18.8. The minimum absolute atomic E-state index is 0.180. The summed E-state index contributed by atoms with van der Waals surface area (Å²) >= 11 is 0. The van der Waals surface area contributed by atoms with Gasteiger partial charge in [0.1, 0.15) is 23.0 Å². The molecule has 134 valence electrons. The van der Waals surface area contributed by atoms with E-state index in [2.05, 4.69) is 0 Å². The summed E-state index contributed by atoms with van der Waals surface area (Å²) in [7, 11) is 0. The van der Waals surface area contributed by atoms with Crippen LogP contribution in [0.5, 0.6) is 5.75 Å². The van der Waals surface area contributed by atoms with Crippen molar-refractivity contribution in [2.45, 2.75) is 12.5 Å². The van der Waals surface area contributed by atoms with Crippen molar-refractivity contribution >= 4 is 22.9 Å². The monoisotopic (exact) mass is 362 g/mol. The van der Waals surface area contributed by atoms with Crippen LogP contribution in [0.3, 0.4) is 0 Å². The van der Waals surface area contributed by atoms with Crippen LogP contribution in [0.15, 0.2) is 46.9 Å². The van der Waals surface area contributed by atoms with Gasteiger partial charge in [-0.25, -0.2) is 18.4 Å². The Bertz CT molecular complexity index is 995. The topological polar surface area (TPSA) is 97.0 Å². The summed E-state index contributed by atoms with van der Waals surface area (Å²) in [5, 5.41) is 17.7. The molecule has 0 amide bonds. The number of benzene rings is 2. The van der Waals surface area contributed by atoms with Crippen molar-refractivity contribution in [3.63, 3.8) is 0 Å². The average molecular weight is 362 g/mol. The molecule has 8 heteroatoms. The first-order valence-corrected chi connectivity index (χ1v) is 7.44. The summed E-state index contributed by atoms with van der Waals surface area (Å²) in [5.41, 5.74) is 0.992. The third-order valence-corrected chi connectivity index (χ3v) is 3.66. The number of carbonyl (C=O) groups is 2. The maximum absolute atomic E-state index is 12.7. The fourth-order valence-corrected chi connectivity index (χ4v) is 2.47. The molecule has 1 aromatic heterocycles. The fourth-order valence-electron chi connectivity index (χ4n) is 2.47. The van der Waals surface area contributed by atoms with Gasteiger partial charge in [0.2, 0.25) is 5.76 Å². The summed E-state index contributed by atoms with van der Waals surface area (Å²) in [6.07, 6.45) is -0.626. The van der Waals surface area contributed by atoms with Crippen LogP contribution >= 0.6 is 0 Å². The van der Waals surface area contributed by atoms with Crippen molar-refractivity contribution in [1.29, 1.82) is 0 Å². The molecule has 1 atom stereocenters. The van der Waals surface area contributed by atoms with Gasteiger partial charge in [-0.05, 0) is 42.5 Å². The molecule has 0 spiro atoms. The molecular weight excluding hydrogens is 350 g/mol. The Balaban J connectivity index is 0.000000151. The van der Waals surface area contributed by atoms with E-state index in [9.17, 15) is 18.4 Å². The van der Waals surface area contributed by atoms with E-state index in [-0.39, 0.29) is 18.0 Å².